The first-order valence-electron chi connectivity index (χ1n) is 9.94. The summed E-state index contributed by atoms with van der Waals surface area (Å²) in [7, 11) is 0. The van der Waals surface area contributed by atoms with Crippen LogP contribution in [0.2, 0.25) is 0 Å². The van der Waals surface area contributed by atoms with Crippen molar-refractivity contribution in [2.24, 2.45) is 5.73 Å². The van der Waals surface area contributed by atoms with Crippen molar-refractivity contribution in [1.29, 1.82) is 0 Å². The Bertz CT molecular complexity index is 793. The molecule has 1 amide bonds. The Labute approximate surface area is 155 Å². The van der Waals surface area contributed by atoms with Crippen LogP contribution in [0.25, 0.3) is 5.69 Å². The molecule has 1 atom stereocenters. The summed E-state index contributed by atoms with van der Waals surface area (Å²) in [5, 5.41) is 4.79. The summed E-state index contributed by atoms with van der Waals surface area (Å²) < 4.78 is 2.00. The Morgan fingerprint density at radius 2 is 2.00 bits per heavy atom. The van der Waals surface area contributed by atoms with Gasteiger partial charge in [0.1, 0.15) is 0 Å². The predicted molar refractivity (Wildman–Crippen MR) is 103 cm³/mol. The highest BCUT2D eigenvalue weighted by Gasteiger charge is 2.33. The second-order valence-electron chi connectivity index (χ2n) is 7.44. The Morgan fingerprint density at radius 1 is 1.19 bits per heavy atom. The largest absolute Gasteiger partial charge is 0.333 e. The first kappa shape index (κ1) is 17.3. The predicted octanol–water partition coefficient (Wildman–Crippen LogP) is 2.88. The molecule has 0 spiro atoms. The summed E-state index contributed by atoms with van der Waals surface area (Å²) in [6.07, 6.45) is 7.28. The monoisotopic (exact) mass is 352 g/mol. The van der Waals surface area contributed by atoms with Gasteiger partial charge in [0.25, 0.3) is 5.91 Å². The fourth-order valence-electron chi connectivity index (χ4n) is 4.34. The van der Waals surface area contributed by atoms with Gasteiger partial charge in [-0.3, -0.25) is 4.79 Å². The number of rotatable bonds is 4. The molecule has 1 aromatic carbocycles. The molecule has 1 fully saturated rings. The van der Waals surface area contributed by atoms with Crippen LogP contribution in [-0.4, -0.2) is 39.7 Å². The number of aromatic nitrogens is 2. The lowest BCUT2D eigenvalue weighted by atomic mass is 10.0. The molecule has 5 nitrogen and oxygen atoms in total. The van der Waals surface area contributed by atoms with Crippen molar-refractivity contribution >= 4 is 5.91 Å². The number of likely N-dealkylation sites (tertiary alicyclic amines) is 1. The molecular formula is C21H28N4O. The average molecular weight is 352 g/mol. The van der Waals surface area contributed by atoms with Gasteiger partial charge in [-0.2, -0.15) is 5.10 Å². The van der Waals surface area contributed by atoms with E-state index in [4.69, 9.17) is 10.8 Å². The summed E-state index contributed by atoms with van der Waals surface area (Å²) in [6.45, 7) is 3.49. The summed E-state index contributed by atoms with van der Waals surface area (Å²) in [4.78, 5) is 15.2. The van der Waals surface area contributed by atoms with Gasteiger partial charge in [-0.1, -0.05) is 19.1 Å². The number of hydrogen-bond donors (Lipinski definition) is 1. The van der Waals surface area contributed by atoms with Gasteiger partial charge in [-0.15, -0.1) is 0 Å². The first-order chi connectivity index (χ1) is 12.7. The molecule has 1 aromatic heterocycles. The highest BCUT2D eigenvalue weighted by Crippen LogP contribution is 2.30. The number of nitrogens with zero attached hydrogens (tertiary/aromatic N) is 3. The second-order valence-corrected chi connectivity index (χ2v) is 7.44. The molecular weight excluding hydrogens is 324 g/mol. The molecule has 2 heterocycles. The Hall–Kier alpha value is -2.14. The minimum atomic E-state index is 0.0715. The number of aryl methyl sites for hydroxylation is 1. The van der Waals surface area contributed by atoms with Crippen molar-refractivity contribution in [2.75, 3.05) is 13.1 Å². The first-order valence-corrected chi connectivity index (χ1v) is 9.94. The number of fused-ring (bicyclic) bond motifs is 1. The minimum Gasteiger partial charge on any atom is -0.333 e. The van der Waals surface area contributed by atoms with Gasteiger partial charge >= 0.3 is 0 Å². The molecule has 138 valence electrons. The summed E-state index contributed by atoms with van der Waals surface area (Å²) in [5.41, 5.74) is 11.3. The number of benzene rings is 1. The summed E-state index contributed by atoms with van der Waals surface area (Å²) in [5.74, 6) is 0.0715. The number of hydrogen-bond acceptors (Lipinski definition) is 3. The normalized spacial score (nSPS) is 19.6. The van der Waals surface area contributed by atoms with E-state index in [1.54, 1.807) is 0 Å². The SMILES string of the molecule is CCc1ccc(-n2nc(C(=O)N3CCCCC3CN)c3c2CCC3)cc1. The van der Waals surface area contributed by atoms with Crippen molar-refractivity contribution in [1.82, 2.24) is 14.7 Å². The van der Waals surface area contributed by atoms with E-state index in [9.17, 15) is 4.79 Å². The van der Waals surface area contributed by atoms with Crippen molar-refractivity contribution in [3.05, 3.63) is 46.8 Å². The fourth-order valence-corrected chi connectivity index (χ4v) is 4.34. The van der Waals surface area contributed by atoms with Crippen molar-refractivity contribution in [3.8, 4) is 5.69 Å². The third-order valence-electron chi connectivity index (χ3n) is 5.88. The number of carbonyl (C=O) groups excluding carboxylic acids is 1. The number of nitrogens with two attached hydrogens (primary N) is 1. The Morgan fingerprint density at radius 3 is 2.73 bits per heavy atom. The van der Waals surface area contributed by atoms with Crippen LogP contribution in [0.3, 0.4) is 0 Å². The maximum absolute atomic E-state index is 13.3. The van der Waals surface area contributed by atoms with E-state index >= 15 is 0 Å². The molecule has 4 rings (SSSR count). The van der Waals surface area contributed by atoms with Gasteiger partial charge in [0.05, 0.1) is 5.69 Å². The van der Waals surface area contributed by atoms with Crippen LogP contribution in [0, 0.1) is 0 Å². The number of carbonyl (C=O) groups is 1. The second kappa shape index (κ2) is 7.23. The quantitative estimate of drug-likeness (QED) is 0.920. The third kappa shape index (κ3) is 2.94. The van der Waals surface area contributed by atoms with E-state index in [2.05, 4.69) is 31.2 Å². The molecule has 0 radical (unpaired) electrons. The molecule has 2 N–H and O–H groups in total. The Kier molecular flexibility index (Phi) is 4.81. The smallest absolute Gasteiger partial charge is 0.274 e. The standard InChI is InChI=1S/C21H28N4O/c1-2-15-9-11-16(12-10-15)25-19-8-5-7-18(19)20(23-25)21(26)24-13-4-3-6-17(24)14-22/h9-12,17H,2-8,13-14,22H2,1H3. The van der Waals surface area contributed by atoms with E-state index in [1.165, 1.54) is 11.3 Å². The zero-order chi connectivity index (χ0) is 18.1. The van der Waals surface area contributed by atoms with E-state index in [0.717, 1.165) is 62.7 Å². The van der Waals surface area contributed by atoms with Gasteiger partial charge in [-0.25, -0.2) is 4.68 Å². The molecule has 1 aliphatic heterocycles. The summed E-state index contributed by atoms with van der Waals surface area (Å²) in [6, 6.07) is 8.68. The van der Waals surface area contributed by atoms with Crippen LogP contribution in [-0.2, 0) is 19.3 Å². The number of amides is 1. The molecule has 5 heteroatoms. The maximum atomic E-state index is 13.3. The fraction of sp³-hybridized carbons (Fsp3) is 0.524. The molecule has 0 bridgehead atoms. The van der Waals surface area contributed by atoms with Gasteiger partial charge in [0, 0.05) is 30.4 Å². The molecule has 1 unspecified atom stereocenters. The lowest BCUT2D eigenvalue weighted by Gasteiger charge is -2.34. The van der Waals surface area contributed by atoms with E-state index in [0.29, 0.717) is 12.2 Å². The zero-order valence-electron chi connectivity index (χ0n) is 15.6. The highest BCUT2D eigenvalue weighted by molar-refractivity contribution is 5.94. The average Bonchev–Trinajstić information content (AvgIpc) is 3.30. The van der Waals surface area contributed by atoms with E-state index in [1.807, 2.05) is 9.58 Å². The van der Waals surface area contributed by atoms with Crippen molar-refractivity contribution in [3.63, 3.8) is 0 Å². The molecule has 2 aromatic rings. The van der Waals surface area contributed by atoms with Gasteiger partial charge in [-0.05, 0) is 62.6 Å². The van der Waals surface area contributed by atoms with Gasteiger partial charge in [0.2, 0.25) is 0 Å². The number of piperidine rings is 1. The highest BCUT2D eigenvalue weighted by atomic mass is 16.2. The molecule has 26 heavy (non-hydrogen) atoms. The third-order valence-corrected chi connectivity index (χ3v) is 5.88. The van der Waals surface area contributed by atoms with Crippen molar-refractivity contribution < 1.29 is 4.79 Å². The Balaban J connectivity index is 1.70. The van der Waals surface area contributed by atoms with Crippen LogP contribution < -0.4 is 5.73 Å². The van der Waals surface area contributed by atoms with Crippen molar-refractivity contribution in [2.45, 2.75) is 57.9 Å². The van der Waals surface area contributed by atoms with Crippen LogP contribution in [0.5, 0.6) is 0 Å². The minimum absolute atomic E-state index is 0.0715. The van der Waals surface area contributed by atoms with Crippen LogP contribution >= 0.6 is 0 Å². The topological polar surface area (TPSA) is 64.2 Å². The van der Waals surface area contributed by atoms with Gasteiger partial charge < -0.3 is 10.6 Å². The molecule has 0 saturated carbocycles. The molecule has 1 saturated heterocycles. The summed E-state index contributed by atoms with van der Waals surface area (Å²) >= 11 is 0. The van der Waals surface area contributed by atoms with E-state index in [-0.39, 0.29) is 11.9 Å². The zero-order valence-corrected chi connectivity index (χ0v) is 15.6. The van der Waals surface area contributed by atoms with Crippen LogP contribution in [0.15, 0.2) is 24.3 Å². The lowest BCUT2D eigenvalue weighted by molar-refractivity contribution is 0.0615. The van der Waals surface area contributed by atoms with E-state index < -0.39 is 0 Å². The maximum Gasteiger partial charge on any atom is 0.274 e. The molecule has 2 aliphatic rings. The molecule has 1 aliphatic carbocycles. The van der Waals surface area contributed by atoms with Crippen LogP contribution in [0.1, 0.15) is 59.9 Å². The van der Waals surface area contributed by atoms with Gasteiger partial charge in [0.15, 0.2) is 5.69 Å². The van der Waals surface area contributed by atoms with Crippen LogP contribution in [0.4, 0.5) is 0 Å². The lowest BCUT2D eigenvalue weighted by Crippen LogP contribution is -2.47.